The molecule has 3 aromatic carbocycles. The van der Waals surface area contributed by atoms with Crippen LogP contribution in [0.2, 0.25) is 0 Å². The Morgan fingerprint density at radius 3 is 1.91 bits per heavy atom. The van der Waals surface area contributed by atoms with E-state index >= 15 is 0 Å². The van der Waals surface area contributed by atoms with Crippen LogP contribution in [0, 0.1) is 23.2 Å². The molecule has 2 saturated heterocycles. The number of nitrogens with zero attached hydrogens (tertiary/aromatic N) is 3. The SMILES string of the molecule is COc1ccc(CCN2CC3CN(CCCC(Oc4ccc(OC)c(OC)c4)c4ccc(C#N)cc4)CC3C2)cc1OC. The molecule has 2 heterocycles. The lowest BCUT2D eigenvalue weighted by molar-refractivity contribution is 0.179. The van der Waals surface area contributed by atoms with Gasteiger partial charge in [-0.05, 0) is 85.2 Å². The Morgan fingerprint density at radius 1 is 0.721 bits per heavy atom. The van der Waals surface area contributed by atoms with Crippen LogP contribution in [-0.4, -0.2) is 77.5 Å². The van der Waals surface area contributed by atoms with Crippen molar-refractivity contribution in [3.63, 3.8) is 0 Å². The van der Waals surface area contributed by atoms with Gasteiger partial charge in [-0.2, -0.15) is 5.26 Å². The third kappa shape index (κ3) is 7.54. The number of nitriles is 1. The molecule has 2 aliphatic heterocycles. The third-order valence-electron chi connectivity index (χ3n) is 8.79. The summed E-state index contributed by atoms with van der Waals surface area (Å²) in [7, 11) is 6.62. The molecule has 228 valence electrons. The minimum Gasteiger partial charge on any atom is -0.493 e. The van der Waals surface area contributed by atoms with E-state index in [1.54, 1.807) is 28.4 Å². The van der Waals surface area contributed by atoms with E-state index in [4.69, 9.17) is 23.7 Å². The van der Waals surface area contributed by atoms with E-state index in [0.29, 0.717) is 17.1 Å². The predicted octanol–water partition coefficient (Wildman–Crippen LogP) is 5.60. The number of fused-ring (bicyclic) bond motifs is 1. The Labute approximate surface area is 255 Å². The van der Waals surface area contributed by atoms with Crippen LogP contribution in [0.4, 0.5) is 0 Å². The number of ether oxygens (including phenoxy) is 5. The van der Waals surface area contributed by atoms with E-state index in [-0.39, 0.29) is 6.10 Å². The van der Waals surface area contributed by atoms with Gasteiger partial charge in [-0.25, -0.2) is 0 Å². The second-order valence-corrected chi connectivity index (χ2v) is 11.5. The largest absolute Gasteiger partial charge is 0.493 e. The molecule has 43 heavy (non-hydrogen) atoms. The van der Waals surface area contributed by atoms with Crippen molar-refractivity contribution >= 4 is 0 Å². The molecule has 3 atom stereocenters. The van der Waals surface area contributed by atoms with Crippen LogP contribution in [0.15, 0.2) is 60.7 Å². The standard InChI is InChI=1S/C35H43N3O5/c1-39-32-13-9-25(18-34(32)41-3)15-17-38-23-28-21-37(22-29(28)24-38)16-5-6-31(27-10-7-26(20-36)8-11-27)43-30-12-14-33(40-2)35(19-30)42-4/h7-14,18-19,28-29,31H,5-6,15-17,21-24H2,1-4H3. The molecule has 0 aromatic heterocycles. The van der Waals surface area contributed by atoms with Crippen LogP contribution in [0.5, 0.6) is 28.7 Å². The number of benzene rings is 3. The van der Waals surface area contributed by atoms with Crippen molar-refractivity contribution < 1.29 is 23.7 Å². The van der Waals surface area contributed by atoms with Gasteiger partial charge in [-0.1, -0.05) is 18.2 Å². The number of hydrogen-bond acceptors (Lipinski definition) is 8. The second-order valence-electron chi connectivity index (χ2n) is 11.5. The summed E-state index contributed by atoms with van der Waals surface area (Å²) in [6.07, 6.45) is 2.80. The van der Waals surface area contributed by atoms with Crippen molar-refractivity contribution in [2.24, 2.45) is 11.8 Å². The van der Waals surface area contributed by atoms with Gasteiger partial charge in [-0.15, -0.1) is 0 Å². The maximum absolute atomic E-state index is 9.25. The van der Waals surface area contributed by atoms with Gasteiger partial charge in [0.2, 0.25) is 0 Å². The first kappa shape index (κ1) is 30.5. The molecule has 8 nitrogen and oxygen atoms in total. The zero-order valence-electron chi connectivity index (χ0n) is 25.8. The van der Waals surface area contributed by atoms with Crippen LogP contribution in [0.1, 0.15) is 35.6 Å². The van der Waals surface area contributed by atoms with Gasteiger partial charge in [-0.3, -0.25) is 0 Å². The summed E-state index contributed by atoms with van der Waals surface area (Å²) in [5.41, 5.74) is 3.00. The van der Waals surface area contributed by atoms with E-state index in [2.05, 4.69) is 28.0 Å². The molecule has 5 rings (SSSR count). The van der Waals surface area contributed by atoms with Crippen LogP contribution in [-0.2, 0) is 6.42 Å². The maximum Gasteiger partial charge on any atom is 0.164 e. The molecule has 0 amide bonds. The van der Waals surface area contributed by atoms with Crippen molar-refractivity contribution in [1.82, 2.24) is 9.80 Å². The highest BCUT2D eigenvalue weighted by molar-refractivity contribution is 5.46. The fraction of sp³-hybridized carbons (Fsp3) is 0.457. The van der Waals surface area contributed by atoms with Gasteiger partial charge >= 0.3 is 0 Å². The average Bonchev–Trinajstić information content (AvgIpc) is 3.61. The molecule has 0 aliphatic carbocycles. The zero-order valence-corrected chi connectivity index (χ0v) is 25.8. The fourth-order valence-corrected chi connectivity index (χ4v) is 6.50. The second kappa shape index (κ2) is 14.5. The lowest BCUT2D eigenvalue weighted by atomic mass is 10.0. The summed E-state index contributed by atoms with van der Waals surface area (Å²) in [5.74, 6) is 5.09. The summed E-state index contributed by atoms with van der Waals surface area (Å²) in [6, 6.07) is 21.8. The Morgan fingerprint density at radius 2 is 1.30 bits per heavy atom. The van der Waals surface area contributed by atoms with Crippen molar-refractivity contribution in [2.45, 2.75) is 25.4 Å². The lowest BCUT2D eigenvalue weighted by Crippen LogP contribution is -2.30. The molecule has 0 spiro atoms. The summed E-state index contributed by atoms with van der Waals surface area (Å²) < 4.78 is 28.2. The Bertz CT molecular complexity index is 1380. The molecule has 8 heteroatoms. The fourth-order valence-electron chi connectivity index (χ4n) is 6.50. The van der Waals surface area contributed by atoms with Gasteiger partial charge in [0.25, 0.3) is 0 Å². The highest BCUT2D eigenvalue weighted by Gasteiger charge is 2.39. The number of likely N-dealkylation sites (tertiary alicyclic amines) is 2. The summed E-state index contributed by atoms with van der Waals surface area (Å²) in [6.45, 7) is 6.80. The molecular formula is C35H43N3O5. The van der Waals surface area contributed by atoms with Crippen LogP contribution in [0.3, 0.4) is 0 Å². The summed E-state index contributed by atoms with van der Waals surface area (Å²) in [4.78, 5) is 5.26. The minimum atomic E-state index is -0.125. The minimum absolute atomic E-state index is 0.125. The topological polar surface area (TPSA) is 76.4 Å². The third-order valence-corrected chi connectivity index (χ3v) is 8.79. The Kier molecular flexibility index (Phi) is 10.3. The zero-order chi connectivity index (χ0) is 30.2. The van der Waals surface area contributed by atoms with E-state index in [1.165, 1.54) is 18.7 Å². The maximum atomic E-state index is 9.25. The molecule has 3 unspecified atom stereocenters. The highest BCUT2D eigenvalue weighted by Crippen LogP contribution is 2.35. The smallest absolute Gasteiger partial charge is 0.164 e. The first-order valence-electron chi connectivity index (χ1n) is 15.1. The van der Waals surface area contributed by atoms with E-state index in [9.17, 15) is 5.26 Å². The monoisotopic (exact) mass is 585 g/mol. The van der Waals surface area contributed by atoms with Crippen LogP contribution < -0.4 is 23.7 Å². The quantitative estimate of drug-likeness (QED) is 0.242. The molecule has 2 fully saturated rings. The Balaban J connectivity index is 1.12. The van der Waals surface area contributed by atoms with Gasteiger partial charge in [0, 0.05) is 38.8 Å². The van der Waals surface area contributed by atoms with Crippen molar-refractivity contribution in [2.75, 3.05) is 67.7 Å². The first-order valence-corrected chi connectivity index (χ1v) is 15.1. The summed E-state index contributed by atoms with van der Waals surface area (Å²) >= 11 is 0. The van der Waals surface area contributed by atoms with Gasteiger partial charge < -0.3 is 33.5 Å². The van der Waals surface area contributed by atoms with Gasteiger partial charge in [0.1, 0.15) is 11.9 Å². The normalized spacial score (nSPS) is 19.0. The first-order chi connectivity index (χ1) is 21.0. The van der Waals surface area contributed by atoms with E-state index in [1.807, 2.05) is 48.5 Å². The number of methoxy groups -OCH3 is 4. The average molecular weight is 586 g/mol. The molecule has 0 N–H and O–H groups in total. The molecule has 0 radical (unpaired) electrons. The predicted molar refractivity (Wildman–Crippen MR) is 166 cm³/mol. The van der Waals surface area contributed by atoms with E-state index in [0.717, 1.165) is 80.1 Å². The van der Waals surface area contributed by atoms with E-state index < -0.39 is 0 Å². The van der Waals surface area contributed by atoms with Crippen LogP contribution in [0.25, 0.3) is 0 Å². The van der Waals surface area contributed by atoms with Crippen molar-refractivity contribution in [3.05, 3.63) is 77.4 Å². The van der Waals surface area contributed by atoms with Gasteiger partial charge in [0.15, 0.2) is 23.0 Å². The molecule has 0 bridgehead atoms. The molecule has 3 aromatic rings. The lowest BCUT2D eigenvalue weighted by Gasteiger charge is -2.24. The van der Waals surface area contributed by atoms with Gasteiger partial charge in [0.05, 0.1) is 40.1 Å². The number of rotatable bonds is 14. The highest BCUT2D eigenvalue weighted by atomic mass is 16.5. The number of hydrogen-bond donors (Lipinski definition) is 0. The van der Waals surface area contributed by atoms with Crippen LogP contribution >= 0.6 is 0 Å². The molecule has 2 aliphatic rings. The Hall–Kier alpha value is -3.93. The van der Waals surface area contributed by atoms with Crippen molar-refractivity contribution in [1.29, 1.82) is 5.26 Å². The van der Waals surface area contributed by atoms with Crippen molar-refractivity contribution in [3.8, 4) is 34.8 Å². The summed E-state index contributed by atoms with van der Waals surface area (Å²) in [5, 5.41) is 9.25. The molecule has 0 saturated carbocycles. The molecular weight excluding hydrogens is 542 g/mol.